The molecule has 2 rings (SSSR count). The van der Waals surface area contributed by atoms with E-state index in [0.29, 0.717) is 29.8 Å². The second kappa shape index (κ2) is 5.71. The summed E-state index contributed by atoms with van der Waals surface area (Å²) in [4.78, 5) is 35.7. The molecule has 1 aromatic carbocycles. The van der Waals surface area contributed by atoms with Gasteiger partial charge in [0.05, 0.1) is 0 Å². The quantitative estimate of drug-likeness (QED) is 0.485. The average molecular weight is 291 g/mol. The third kappa shape index (κ3) is 2.73. The van der Waals surface area contributed by atoms with Crippen LogP contribution < -0.4 is 0 Å². The van der Waals surface area contributed by atoms with E-state index >= 15 is 0 Å². The van der Waals surface area contributed by atoms with E-state index in [0.717, 1.165) is 0 Å². The number of halogens is 1. The largest absolute Gasteiger partial charge is 0.299 e. The molecule has 20 heavy (non-hydrogen) atoms. The number of carbonyl (C=O) groups excluding carboxylic acids is 3. The summed E-state index contributed by atoms with van der Waals surface area (Å²) in [6.07, 6.45) is 4.39. The summed E-state index contributed by atoms with van der Waals surface area (Å²) < 4.78 is 0. The monoisotopic (exact) mass is 290 g/mol. The average Bonchev–Trinajstić information content (AvgIpc) is 2.79. The van der Waals surface area contributed by atoms with Crippen molar-refractivity contribution in [3.63, 3.8) is 0 Å². The smallest absolute Gasteiger partial charge is 0.185 e. The minimum absolute atomic E-state index is 0.0924. The Labute approximate surface area is 122 Å². The van der Waals surface area contributed by atoms with Gasteiger partial charge in [0, 0.05) is 17.0 Å². The Morgan fingerprint density at radius 3 is 2.40 bits per heavy atom. The third-order valence-corrected chi connectivity index (χ3v) is 4.00. The maximum absolute atomic E-state index is 12.0. The summed E-state index contributed by atoms with van der Waals surface area (Å²) >= 11 is 5.76. The highest BCUT2D eigenvalue weighted by Crippen LogP contribution is 2.37. The molecule has 0 unspecified atom stereocenters. The second-order valence-corrected chi connectivity index (χ2v) is 5.45. The lowest BCUT2D eigenvalue weighted by Gasteiger charge is -2.19. The zero-order valence-electron chi connectivity index (χ0n) is 11.2. The molecule has 1 aromatic rings. The van der Waals surface area contributed by atoms with Crippen LogP contribution in [0.3, 0.4) is 0 Å². The van der Waals surface area contributed by atoms with Crippen LogP contribution in [0.2, 0.25) is 5.02 Å². The van der Waals surface area contributed by atoms with E-state index in [-0.39, 0.29) is 17.3 Å². The molecule has 0 saturated heterocycles. The third-order valence-electron chi connectivity index (χ3n) is 3.75. The highest BCUT2D eigenvalue weighted by atomic mass is 35.5. The van der Waals surface area contributed by atoms with Crippen LogP contribution in [-0.2, 0) is 9.59 Å². The van der Waals surface area contributed by atoms with Gasteiger partial charge in [0.25, 0.3) is 0 Å². The summed E-state index contributed by atoms with van der Waals surface area (Å²) in [5.41, 5.74) is -0.614. The lowest BCUT2D eigenvalue weighted by molar-refractivity contribution is -0.134. The highest BCUT2D eigenvalue weighted by molar-refractivity contribution is 6.30. The number of Topliss-reactive ketones (excluding diaryl/α,β-unsaturated/α-hetero) is 2. The molecule has 1 aliphatic carbocycles. The summed E-state index contributed by atoms with van der Waals surface area (Å²) in [5.74, 6) is -0.521. The molecule has 0 aliphatic heterocycles. The van der Waals surface area contributed by atoms with Gasteiger partial charge in [-0.3, -0.25) is 14.4 Å². The van der Waals surface area contributed by atoms with E-state index in [2.05, 4.69) is 0 Å². The lowest BCUT2D eigenvalue weighted by Crippen LogP contribution is -2.31. The van der Waals surface area contributed by atoms with Crippen molar-refractivity contribution in [1.29, 1.82) is 0 Å². The molecule has 1 atom stereocenters. The van der Waals surface area contributed by atoms with Gasteiger partial charge < -0.3 is 0 Å². The van der Waals surface area contributed by atoms with Gasteiger partial charge in [0.1, 0.15) is 17.0 Å². The van der Waals surface area contributed by atoms with Gasteiger partial charge in [-0.25, -0.2) is 0 Å². The standard InChI is InChI=1S/C16H15ClO3/c1-11(18)16(9-2-3-15(16)20)10-8-14(19)12-4-6-13(17)7-5-12/h4-8,10H,2-3,9H2,1H3/b10-8+/t16-/m0/s1. The Kier molecular flexibility index (Phi) is 4.19. The van der Waals surface area contributed by atoms with E-state index in [1.807, 2.05) is 0 Å². The highest BCUT2D eigenvalue weighted by Gasteiger charge is 2.43. The van der Waals surface area contributed by atoms with Gasteiger partial charge in [-0.15, -0.1) is 0 Å². The first-order valence-electron chi connectivity index (χ1n) is 6.49. The number of carbonyl (C=O) groups is 3. The number of ketones is 3. The van der Waals surface area contributed by atoms with E-state index < -0.39 is 5.41 Å². The van der Waals surface area contributed by atoms with Gasteiger partial charge in [-0.1, -0.05) is 17.7 Å². The Hall–Kier alpha value is -1.74. The molecule has 0 spiro atoms. The van der Waals surface area contributed by atoms with Crippen LogP contribution in [0.15, 0.2) is 36.4 Å². The fourth-order valence-corrected chi connectivity index (χ4v) is 2.61. The van der Waals surface area contributed by atoms with Crippen molar-refractivity contribution < 1.29 is 14.4 Å². The topological polar surface area (TPSA) is 51.2 Å². The molecule has 1 aliphatic rings. The zero-order chi connectivity index (χ0) is 14.8. The van der Waals surface area contributed by atoms with Crippen LogP contribution in [0.25, 0.3) is 0 Å². The van der Waals surface area contributed by atoms with Crippen molar-refractivity contribution in [1.82, 2.24) is 0 Å². The van der Waals surface area contributed by atoms with Crippen molar-refractivity contribution in [3.8, 4) is 0 Å². The van der Waals surface area contributed by atoms with Crippen molar-refractivity contribution in [3.05, 3.63) is 47.0 Å². The SMILES string of the molecule is CC(=O)[C@@]1(/C=C/C(=O)c2ccc(Cl)cc2)CCCC1=O. The minimum Gasteiger partial charge on any atom is -0.299 e. The number of benzene rings is 1. The van der Waals surface area contributed by atoms with Crippen molar-refractivity contribution in [2.75, 3.05) is 0 Å². The molecule has 3 nitrogen and oxygen atoms in total. The van der Waals surface area contributed by atoms with Crippen molar-refractivity contribution in [2.45, 2.75) is 26.2 Å². The van der Waals surface area contributed by atoms with Crippen LogP contribution in [-0.4, -0.2) is 17.3 Å². The molecule has 0 bridgehead atoms. The van der Waals surface area contributed by atoms with Gasteiger partial charge in [-0.2, -0.15) is 0 Å². The molecule has 1 fully saturated rings. The van der Waals surface area contributed by atoms with Gasteiger partial charge in [-0.05, 0) is 50.1 Å². The van der Waals surface area contributed by atoms with Crippen molar-refractivity contribution in [2.24, 2.45) is 5.41 Å². The number of rotatable bonds is 4. The van der Waals surface area contributed by atoms with Crippen LogP contribution in [0.4, 0.5) is 0 Å². The summed E-state index contributed by atoms with van der Waals surface area (Å²) in [6.45, 7) is 1.40. The fraction of sp³-hybridized carbons (Fsp3) is 0.312. The normalized spacial score (nSPS) is 22.4. The molecule has 0 amide bonds. The summed E-state index contributed by atoms with van der Waals surface area (Å²) in [7, 11) is 0. The molecule has 0 heterocycles. The number of allylic oxidation sites excluding steroid dienone is 2. The summed E-state index contributed by atoms with van der Waals surface area (Å²) in [5, 5.41) is 0.553. The first-order chi connectivity index (χ1) is 9.45. The molecule has 104 valence electrons. The second-order valence-electron chi connectivity index (χ2n) is 5.01. The first-order valence-corrected chi connectivity index (χ1v) is 6.87. The Morgan fingerprint density at radius 2 is 1.90 bits per heavy atom. The Morgan fingerprint density at radius 1 is 1.25 bits per heavy atom. The molecule has 0 N–H and O–H groups in total. The molecular formula is C16H15ClO3. The maximum atomic E-state index is 12.0. The van der Waals surface area contributed by atoms with Gasteiger partial charge in [0.2, 0.25) is 0 Å². The zero-order valence-corrected chi connectivity index (χ0v) is 11.9. The predicted octanol–water partition coefficient (Wildman–Crippen LogP) is 3.41. The van der Waals surface area contributed by atoms with E-state index in [1.165, 1.54) is 19.1 Å². The molecule has 4 heteroatoms. The number of hydrogen-bond acceptors (Lipinski definition) is 3. The van der Waals surface area contributed by atoms with E-state index in [1.54, 1.807) is 24.3 Å². The van der Waals surface area contributed by atoms with Crippen molar-refractivity contribution >= 4 is 29.0 Å². The Bertz CT molecular complexity index is 586. The van der Waals surface area contributed by atoms with Crippen LogP contribution in [0.1, 0.15) is 36.5 Å². The summed E-state index contributed by atoms with van der Waals surface area (Å²) in [6, 6.07) is 6.49. The van der Waals surface area contributed by atoms with Gasteiger partial charge >= 0.3 is 0 Å². The van der Waals surface area contributed by atoms with Crippen LogP contribution >= 0.6 is 11.6 Å². The van der Waals surface area contributed by atoms with E-state index in [9.17, 15) is 14.4 Å². The first kappa shape index (κ1) is 14.7. The fourth-order valence-electron chi connectivity index (χ4n) is 2.48. The molecule has 1 saturated carbocycles. The van der Waals surface area contributed by atoms with Gasteiger partial charge in [0.15, 0.2) is 5.78 Å². The Balaban J connectivity index is 2.23. The molecule has 0 radical (unpaired) electrons. The number of hydrogen-bond donors (Lipinski definition) is 0. The van der Waals surface area contributed by atoms with Crippen LogP contribution in [0.5, 0.6) is 0 Å². The van der Waals surface area contributed by atoms with Crippen LogP contribution in [0, 0.1) is 5.41 Å². The minimum atomic E-state index is -1.10. The lowest BCUT2D eigenvalue weighted by atomic mass is 9.80. The molecular weight excluding hydrogens is 276 g/mol. The maximum Gasteiger partial charge on any atom is 0.185 e. The molecule has 0 aromatic heterocycles. The van der Waals surface area contributed by atoms with E-state index in [4.69, 9.17) is 11.6 Å². The predicted molar refractivity (Wildman–Crippen MR) is 76.9 cm³/mol.